The van der Waals surface area contributed by atoms with Crippen LogP contribution in [0.3, 0.4) is 0 Å². The molecule has 5 unspecified atom stereocenters. The number of esters is 1. The summed E-state index contributed by atoms with van der Waals surface area (Å²) in [5, 5.41) is 60.6. The van der Waals surface area contributed by atoms with Gasteiger partial charge in [-0.3, -0.25) is 14.4 Å². The Balaban J connectivity index is 1.68. The summed E-state index contributed by atoms with van der Waals surface area (Å²) in [5.74, 6) is -2.68. The number of hydrogen-bond donors (Lipinski definition) is 6. The van der Waals surface area contributed by atoms with Crippen molar-refractivity contribution in [3.8, 4) is 22.6 Å². The van der Waals surface area contributed by atoms with E-state index in [0.29, 0.717) is 11.1 Å². The molecule has 0 amide bonds. The lowest BCUT2D eigenvalue weighted by Gasteiger charge is -2.46. The van der Waals surface area contributed by atoms with E-state index in [1.54, 1.807) is 18.2 Å². The summed E-state index contributed by atoms with van der Waals surface area (Å²) in [7, 11) is 0. The maximum atomic E-state index is 13.3. The number of aliphatic carboxylic acids is 1. The smallest absolute Gasteiger partial charge is 0.317 e. The molecule has 0 spiro atoms. The lowest BCUT2D eigenvalue weighted by molar-refractivity contribution is -0.320. The Kier molecular flexibility index (Phi) is 8.66. The number of rotatable bonds is 9. The normalized spacial score (nSPS) is 24.4. The molecule has 3 aromatic rings. The Bertz CT molecular complexity index is 1480. The van der Waals surface area contributed by atoms with Crippen LogP contribution in [0.4, 0.5) is 0 Å². The van der Waals surface area contributed by atoms with Crippen LogP contribution in [0.15, 0.2) is 51.9 Å². The van der Waals surface area contributed by atoms with E-state index in [0.717, 1.165) is 0 Å². The van der Waals surface area contributed by atoms with E-state index in [-0.39, 0.29) is 39.4 Å². The number of fused-ring (bicyclic) bond motifs is 1. The first-order valence-electron chi connectivity index (χ1n) is 12.6. The number of aromatic hydroxyl groups is 1. The van der Waals surface area contributed by atoms with Gasteiger partial charge in [0.25, 0.3) is 0 Å². The summed E-state index contributed by atoms with van der Waals surface area (Å²) < 4.78 is 22.0. The van der Waals surface area contributed by atoms with Crippen molar-refractivity contribution < 1.29 is 58.9 Å². The minimum Gasteiger partial charge on any atom is -0.508 e. The molecule has 1 saturated heterocycles. The maximum Gasteiger partial charge on any atom is 0.317 e. The molecule has 6 N–H and O–H groups in total. The number of carbonyl (C=O) groups is 2. The Hall–Kier alpha value is -4.01. The summed E-state index contributed by atoms with van der Waals surface area (Å²) in [5.41, 5.74) is -1.51. The van der Waals surface area contributed by atoms with E-state index >= 15 is 0 Å². The van der Waals surface area contributed by atoms with E-state index in [1.807, 2.05) is 13.8 Å². The summed E-state index contributed by atoms with van der Waals surface area (Å²) in [6.07, 6.45) is -6.87. The molecule has 0 radical (unpaired) electrons. The zero-order chi connectivity index (χ0) is 30.1. The van der Waals surface area contributed by atoms with Crippen LogP contribution in [-0.4, -0.2) is 86.0 Å². The minimum absolute atomic E-state index is 0.0382. The largest absolute Gasteiger partial charge is 0.508 e. The molecule has 5 atom stereocenters. The van der Waals surface area contributed by atoms with E-state index in [1.165, 1.54) is 24.5 Å². The van der Waals surface area contributed by atoms with Crippen LogP contribution in [0.1, 0.15) is 31.7 Å². The molecule has 1 aromatic heterocycles. The quantitative estimate of drug-likeness (QED) is 0.155. The number of benzene rings is 2. The monoisotopic (exact) mass is 574 g/mol. The van der Waals surface area contributed by atoms with Gasteiger partial charge in [0.15, 0.2) is 0 Å². The van der Waals surface area contributed by atoms with Crippen molar-refractivity contribution in [2.45, 2.75) is 56.4 Å². The van der Waals surface area contributed by atoms with Crippen molar-refractivity contribution in [2.24, 2.45) is 0 Å². The lowest BCUT2D eigenvalue weighted by Crippen LogP contribution is -2.69. The second-order valence-corrected chi connectivity index (χ2v) is 10.0. The van der Waals surface area contributed by atoms with Gasteiger partial charge in [-0.05, 0) is 35.2 Å². The zero-order valence-corrected chi connectivity index (χ0v) is 22.1. The fourth-order valence-corrected chi connectivity index (χ4v) is 4.51. The third kappa shape index (κ3) is 6.04. The van der Waals surface area contributed by atoms with Crippen molar-refractivity contribution in [3.05, 3.63) is 58.4 Å². The van der Waals surface area contributed by atoms with E-state index in [2.05, 4.69) is 0 Å². The van der Waals surface area contributed by atoms with Crippen LogP contribution in [0.25, 0.3) is 22.1 Å². The van der Waals surface area contributed by atoms with Gasteiger partial charge in [0.1, 0.15) is 60.3 Å². The third-order valence-electron chi connectivity index (χ3n) is 6.85. The highest BCUT2D eigenvalue weighted by atomic mass is 16.7. The van der Waals surface area contributed by atoms with Gasteiger partial charge in [-0.2, -0.15) is 0 Å². The van der Waals surface area contributed by atoms with Crippen molar-refractivity contribution in [3.63, 3.8) is 0 Å². The molecule has 13 nitrogen and oxygen atoms in total. The summed E-state index contributed by atoms with van der Waals surface area (Å²) >= 11 is 0. The van der Waals surface area contributed by atoms with Crippen molar-refractivity contribution in [1.82, 2.24) is 0 Å². The topological polar surface area (TPSA) is 213 Å². The van der Waals surface area contributed by atoms with Crippen LogP contribution >= 0.6 is 0 Å². The zero-order valence-electron chi connectivity index (χ0n) is 22.1. The van der Waals surface area contributed by atoms with E-state index < -0.39 is 61.8 Å². The molecule has 1 aliphatic heterocycles. The number of aliphatic hydroxyl groups excluding tert-OH is 3. The van der Waals surface area contributed by atoms with Gasteiger partial charge in [-0.25, -0.2) is 0 Å². The Morgan fingerprint density at radius 1 is 1.10 bits per heavy atom. The molecule has 41 heavy (non-hydrogen) atoms. The predicted molar refractivity (Wildman–Crippen MR) is 140 cm³/mol. The third-order valence-corrected chi connectivity index (χ3v) is 6.85. The number of hydrogen-bond acceptors (Lipinski definition) is 12. The van der Waals surface area contributed by atoms with Gasteiger partial charge in [-0.1, -0.05) is 26.0 Å². The molecule has 0 aliphatic carbocycles. The number of carboxylic acids is 1. The molecule has 0 bridgehead atoms. The Morgan fingerprint density at radius 2 is 1.78 bits per heavy atom. The van der Waals surface area contributed by atoms with E-state index in [4.69, 9.17) is 23.7 Å². The fourth-order valence-electron chi connectivity index (χ4n) is 4.51. The molecule has 2 aromatic carbocycles. The standard InChI is InChI=1S/C28H30O13/c1-13(2)16-7-17-19(38-10-18(24(17)34)14-3-5-15(30)6-4-14)8-20(16)40-27-26(36)28(37,12-29)25(35)21(41-27)11-39-23(33)9-22(31)32/h3-8,10,13,21,25-27,29-30,35-37H,9,11-12H2,1-2H3,(H,31,32). The number of phenolic OH excluding ortho intramolecular Hbond substituents is 1. The van der Waals surface area contributed by atoms with Gasteiger partial charge in [0.05, 0.1) is 17.6 Å². The highest BCUT2D eigenvalue weighted by molar-refractivity contribution is 5.90. The number of carboxylic acid groups (broad SMARTS) is 1. The number of aliphatic hydroxyl groups is 4. The first kappa shape index (κ1) is 30.0. The van der Waals surface area contributed by atoms with Crippen molar-refractivity contribution in [1.29, 1.82) is 0 Å². The molecular formula is C28H30O13. The van der Waals surface area contributed by atoms with E-state index in [9.17, 15) is 39.9 Å². The number of ether oxygens (including phenoxy) is 3. The van der Waals surface area contributed by atoms with Crippen LogP contribution in [0.2, 0.25) is 0 Å². The number of carbonyl (C=O) groups excluding carboxylic acids is 1. The van der Waals surface area contributed by atoms with Crippen molar-refractivity contribution >= 4 is 22.9 Å². The average Bonchev–Trinajstić information content (AvgIpc) is 2.92. The molecular weight excluding hydrogens is 544 g/mol. The lowest BCUT2D eigenvalue weighted by atomic mass is 9.84. The molecule has 0 saturated carbocycles. The molecule has 1 fully saturated rings. The van der Waals surface area contributed by atoms with Crippen LogP contribution in [-0.2, 0) is 19.1 Å². The van der Waals surface area contributed by atoms with Crippen LogP contribution in [0, 0.1) is 0 Å². The Morgan fingerprint density at radius 3 is 2.39 bits per heavy atom. The van der Waals surface area contributed by atoms with Crippen molar-refractivity contribution in [2.75, 3.05) is 13.2 Å². The van der Waals surface area contributed by atoms with Gasteiger partial charge >= 0.3 is 11.9 Å². The molecule has 2 heterocycles. The van der Waals surface area contributed by atoms with Gasteiger partial charge in [0, 0.05) is 6.07 Å². The molecule has 13 heteroatoms. The first-order valence-corrected chi connectivity index (χ1v) is 12.6. The number of phenols is 1. The summed E-state index contributed by atoms with van der Waals surface area (Å²) in [4.78, 5) is 35.8. The van der Waals surface area contributed by atoms with Gasteiger partial charge in [-0.15, -0.1) is 0 Å². The second kappa shape index (κ2) is 11.8. The molecule has 4 rings (SSSR count). The summed E-state index contributed by atoms with van der Waals surface area (Å²) in [6, 6.07) is 8.97. The first-order chi connectivity index (χ1) is 19.3. The second-order valence-electron chi connectivity index (χ2n) is 10.0. The van der Waals surface area contributed by atoms with Gasteiger partial charge < -0.3 is 49.3 Å². The summed E-state index contributed by atoms with van der Waals surface area (Å²) in [6.45, 7) is 1.79. The highest BCUT2D eigenvalue weighted by Gasteiger charge is 2.56. The SMILES string of the molecule is CC(C)c1cc2c(=O)c(-c3ccc(O)cc3)coc2cc1OC1OC(COC(=O)CC(=O)O)C(O)C(O)(CO)C1O. The Labute approximate surface area is 232 Å². The van der Waals surface area contributed by atoms with Gasteiger partial charge in [0.2, 0.25) is 11.7 Å². The molecule has 1 aliphatic rings. The minimum atomic E-state index is -2.56. The fraction of sp³-hybridized carbons (Fsp3) is 0.393. The maximum absolute atomic E-state index is 13.3. The average molecular weight is 575 g/mol. The highest BCUT2D eigenvalue weighted by Crippen LogP contribution is 2.36. The van der Waals surface area contributed by atoms with Crippen LogP contribution in [0.5, 0.6) is 11.5 Å². The molecule has 220 valence electrons. The predicted octanol–water partition coefficient (Wildman–Crippen LogP) is 0.856. The van der Waals surface area contributed by atoms with Crippen LogP contribution < -0.4 is 10.2 Å².